The highest BCUT2D eigenvalue weighted by Crippen LogP contribution is 2.40. The molecule has 0 radical (unpaired) electrons. The fourth-order valence-electron chi connectivity index (χ4n) is 4.02. The van der Waals surface area contributed by atoms with Crippen LogP contribution >= 0.6 is 0 Å². The maximum atomic E-state index is 13.3. The number of ether oxygens (including phenoxy) is 1. The molecule has 0 saturated heterocycles. The highest BCUT2D eigenvalue weighted by Gasteiger charge is 2.39. The molecule has 1 unspecified atom stereocenters. The Morgan fingerprint density at radius 2 is 1.87 bits per heavy atom. The van der Waals surface area contributed by atoms with E-state index in [1.807, 2.05) is 48.5 Å². The van der Waals surface area contributed by atoms with E-state index in [2.05, 4.69) is 10.3 Å². The lowest BCUT2D eigenvalue weighted by molar-refractivity contribution is -0.125. The number of hydrogen-bond donors (Lipinski definition) is 1. The van der Waals surface area contributed by atoms with E-state index < -0.39 is 6.04 Å². The van der Waals surface area contributed by atoms with Gasteiger partial charge in [-0.15, -0.1) is 0 Å². The Morgan fingerprint density at radius 1 is 1.13 bits per heavy atom. The van der Waals surface area contributed by atoms with Crippen LogP contribution in [0.4, 0.5) is 0 Å². The SMILES string of the molecule is COc1ccc(CNC(=O)C(C2CC2)n2c(=O)c3cncn3c3ccccc32)cc1. The molecule has 1 aliphatic rings. The zero-order valence-corrected chi connectivity index (χ0v) is 16.6. The van der Waals surface area contributed by atoms with Crippen molar-refractivity contribution >= 4 is 22.5 Å². The predicted molar refractivity (Wildman–Crippen MR) is 114 cm³/mol. The lowest BCUT2D eigenvalue weighted by atomic mass is 10.1. The highest BCUT2D eigenvalue weighted by atomic mass is 16.5. The van der Waals surface area contributed by atoms with Crippen molar-refractivity contribution in [2.75, 3.05) is 7.11 Å². The first-order chi connectivity index (χ1) is 14.7. The molecule has 1 fully saturated rings. The van der Waals surface area contributed by atoms with Gasteiger partial charge in [0.25, 0.3) is 5.56 Å². The van der Waals surface area contributed by atoms with E-state index >= 15 is 0 Å². The molecule has 2 aromatic carbocycles. The summed E-state index contributed by atoms with van der Waals surface area (Å²) in [5.41, 5.74) is 2.86. The first-order valence-electron chi connectivity index (χ1n) is 10.0. The van der Waals surface area contributed by atoms with E-state index in [1.54, 1.807) is 28.6 Å². The minimum Gasteiger partial charge on any atom is -0.497 e. The normalized spacial score (nSPS) is 14.7. The standard InChI is InChI=1S/C23H22N4O3/c1-30-17-10-6-15(7-11-17)12-25-22(28)21(16-8-9-16)27-19-5-3-2-4-18(19)26-14-24-13-20(26)23(27)29/h2-7,10-11,13-14,16,21H,8-9,12H2,1H3,(H,25,28). The van der Waals surface area contributed by atoms with Crippen LogP contribution in [0.15, 0.2) is 65.8 Å². The van der Waals surface area contributed by atoms with Crippen molar-refractivity contribution in [3.63, 3.8) is 0 Å². The van der Waals surface area contributed by atoms with Crippen molar-refractivity contribution in [3.05, 3.63) is 77.0 Å². The van der Waals surface area contributed by atoms with Crippen LogP contribution in [-0.4, -0.2) is 27.0 Å². The number of hydrogen-bond acceptors (Lipinski definition) is 4. The molecule has 4 aromatic rings. The van der Waals surface area contributed by atoms with Crippen LogP contribution < -0.4 is 15.6 Å². The van der Waals surface area contributed by atoms with Gasteiger partial charge < -0.3 is 10.1 Å². The Labute approximate surface area is 172 Å². The van der Waals surface area contributed by atoms with Crippen LogP contribution in [0.1, 0.15) is 24.4 Å². The van der Waals surface area contributed by atoms with Crippen LogP contribution in [0.2, 0.25) is 0 Å². The Kier molecular flexibility index (Phi) is 4.50. The number of imidazole rings is 1. The molecule has 2 heterocycles. The fraction of sp³-hybridized carbons (Fsp3) is 0.261. The summed E-state index contributed by atoms with van der Waals surface area (Å²) in [4.78, 5) is 30.8. The summed E-state index contributed by atoms with van der Waals surface area (Å²) in [5, 5.41) is 3.03. The van der Waals surface area contributed by atoms with E-state index in [0.29, 0.717) is 12.1 Å². The van der Waals surface area contributed by atoms with Gasteiger partial charge in [-0.2, -0.15) is 0 Å². The summed E-state index contributed by atoms with van der Waals surface area (Å²) in [6.07, 6.45) is 5.07. The van der Waals surface area contributed by atoms with Crippen molar-refractivity contribution in [1.82, 2.24) is 19.3 Å². The predicted octanol–water partition coefficient (Wildman–Crippen LogP) is 2.93. The van der Waals surface area contributed by atoms with Crippen LogP contribution in [0.25, 0.3) is 16.6 Å². The summed E-state index contributed by atoms with van der Waals surface area (Å²) < 4.78 is 8.63. The number of methoxy groups -OCH3 is 1. The second kappa shape index (κ2) is 7.33. The van der Waals surface area contributed by atoms with Gasteiger partial charge in [-0.25, -0.2) is 4.98 Å². The summed E-state index contributed by atoms with van der Waals surface area (Å²) in [6.45, 7) is 0.396. The molecule has 7 heteroatoms. The van der Waals surface area contributed by atoms with Gasteiger partial charge in [0.15, 0.2) is 0 Å². The Bertz CT molecular complexity index is 1290. The largest absolute Gasteiger partial charge is 0.497 e. The van der Waals surface area contributed by atoms with Crippen LogP contribution in [-0.2, 0) is 11.3 Å². The quantitative estimate of drug-likeness (QED) is 0.538. The number of nitrogens with zero attached hydrogens (tertiary/aromatic N) is 3. The topological polar surface area (TPSA) is 77.6 Å². The molecule has 0 bridgehead atoms. The molecule has 1 saturated carbocycles. The van der Waals surface area contributed by atoms with Crippen molar-refractivity contribution in [1.29, 1.82) is 0 Å². The van der Waals surface area contributed by atoms with Crippen LogP contribution in [0.5, 0.6) is 5.75 Å². The lowest BCUT2D eigenvalue weighted by Gasteiger charge is -2.22. The van der Waals surface area contributed by atoms with Gasteiger partial charge in [0.2, 0.25) is 5.91 Å². The van der Waals surface area contributed by atoms with Gasteiger partial charge in [0.05, 0.1) is 30.7 Å². The third kappa shape index (κ3) is 3.12. The molecule has 7 nitrogen and oxygen atoms in total. The number of para-hydroxylation sites is 2. The molecular weight excluding hydrogens is 380 g/mol. The number of benzene rings is 2. The summed E-state index contributed by atoms with van der Waals surface area (Å²) in [6, 6.07) is 14.7. The van der Waals surface area contributed by atoms with Crippen molar-refractivity contribution in [2.24, 2.45) is 5.92 Å². The third-order valence-corrected chi connectivity index (χ3v) is 5.72. The van der Waals surface area contributed by atoms with Crippen molar-refractivity contribution in [3.8, 4) is 5.75 Å². The first-order valence-corrected chi connectivity index (χ1v) is 10.0. The summed E-state index contributed by atoms with van der Waals surface area (Å²) in [7, 11) is 1.62. The summed E-state index contributed by atoms with van der Waals surface area (Å²) in [5.74, 6) is 0.796. The molecular formula is C23H22N4O3. The smallest absolute Gasteiger partial charge is 0.277 e. The average Bonchev–Trinajstić information content (AvgIpc) is 3.49. The monoisotopic (exact) mass is 402 g/mol. The molecule has 152 valence electrons. The average molecular weight is 402 g/mol. The van der Waals surface area contributed by atoms with E-state index in [9.17, 15) is 9.59 Å². The van der Waals surface area contributed by atoms with Gasteiger partial charge >= 0.3 is 0 Å². The Hall–Kier alpha value is -3.61. The zero-order chi connectivity index (χ0) is 20.7. The van der Waals surface area contributed by atoms with E-state index in [1.165, 1.54) is 0 Å². The lowest BCUT2D eigenvalue weighted by Crippen LogP contribution is -2.39. The maximum absolute atomic E-state index is 13.3. The van der Waals surface area contributed by atoms with Gasteiger partial charge in [-0.1, -0.05) is 24.3 Å². The van der Waals surface area contributed by atoms with Crippen molar-refractivity contribution < 1.29 is 9.53 Å². The minimum absolute atomic E-state index is 0.135. The number of carbonyl (C=O) groups is 1. The van der Waals surface area contributed by atoms with E-state index in [4.69, 9.17) is 4.74 Å². The number of rotatable bonds is 6. The molecule has 1 atom stereocenters. The molecule has 0 spiro atoms. The number of amides is 1. The third-order valence-electron chi connectivity index (χ3n) is 5.72. The minimum atomic E-state index is -0.541. The van der Waals surface area contributed by atoms with Crippen molar-refractivity contribution in [2.45, 2.75) is 25.4 Å². The maximum Gasteiger partial charge on any atom is 0.277 e. The van der Waals surface area contributed by atoms with Gasteiger partial charge in [0, 0.05) is 6.54 Å². The summed E-state index contributed by atoms with van der Waals surface area (Å²) >= 11 is 0. The number of carbonyl (C=O) groups excluding carboxylic acids is 1. The molecule has 30 heavy (non-hydrogen) atoms. The number of nitrogens with one attached hydrogen (secondary N) is 1. The van der Waals surface area contributed by atoms with Gasteiger partial charge in [-0.3, -0.25) is 18.6 Å². The number of fused-ring (bicyclic) bond motifs is 3. The fourth-order valence-corrected chi connectivity index (χ4v) is 4.02. The second-order valence-electron chi connectivity index (χ2n) is 7.66. The van der Waals surface area contributed by atoms with Crippen LogP contribution in [0, 0.1) is 5.92 Å². The molecule has 1 aliphatic carbocycles. The first kappa shape index (κ1) is 18.4. The Morgan fingerprint density at radius 3 is 2.57 bits per heavy atom. The van der Waals surface area contributed by atoms with Crippen LogP contribution in [0.3, 0.4) is 0 Å². The van der Waals surface area contributed by atoms with E-state index in [0.717, 1.165) is 35.2 Å². The molecule has 1 N–H and O–H groups in total. The van der Waals surface area contributed by atoms with Gasteiger partial charge in [0.1, 0.15) is 17.3 Å². The molecule has 2 aromatic heterocycles. The Balaban J connectivity index is 1.52. The van der Waals surface area contributed by atoms with E-state index in [-0.39, 0.29) is 17.4 Å². The molecule has 5 rings (SSSR count). The zero-order valence-electron chi connectivity index (χ0n) is 16.6. The second-order valence-corrected chi connectivity index (χ2v) is 7.66. The number of aromatic nitrogens is 3. The molecule has 1 amide bonds. The van der Waals surface area contributed by atoms with Gasteiger partial charge in [-0.05, 0) is 48.6 Å². The molecule has 0 aliphatic heterocycles. The highest BCUT2D eigenvalue weighted by molar-refractivity contribution is 5.85.